The standard InChI is InChI=1S/C15H24N2O4S/c1-5-15(18)17-13-10-12(6-7-14(13)21-4)22(19,20)16-9-8-11(2)3/h6-7,10-11,16H,5,8-9H2,1-4H3,(H,17,18). The molecule has 0 aliphatic rings. The highest BCUT2D eigenvalue weighted by atomic mass is 32.2. The van der Waals surface area contributed by atoms with Gasteiger partial charge in [0.15, 0.2) is 0 Å². The maximum atomic E-state index is 12.3. The summed E-state index contributed by atoms with van der Waals surface area (Å²) in [6.07, 6.45) is 1.06. The average Bonchev–Trinajstić information content (AvgIpc) is 2.46. The van der Waals surface area contributed by atoms with Crippen molar-refractivity contribution in [2.24, 2.45) is 5.92 Å². The summed E-state index contributed by atoms with van der Waals surface area (Å²) in [7, 11) is -2.14. The molecule has 1 rings (SSSR count). The first kappa shape index (κ1) is 18.4. The summed E-state index contributed by atoms with van der Waals surface area (Å²) >= 11 is 0. The lowest BCUT2D eigenvalue weighted by atomic mass is 10.1. The summed E-state index contributed by atoms with van der Waals surface area (Å²) in [5.41, 5.74) is 0.348. The van der Waals surface area contributed by atoms with Crippen molar-refractivity contribution in [1.29, 1.82) is 0 Å². The number of benzene rings is 1. The van der Waals surface area contributed by atoms with Crippen LogP contribution >= 0.6 is 0 Å². The van der Waals surface area contributed by atoms with Crippen LogP contribution in [0.1, 0.15) is 33.6 Å². The topological polar surface area (TPSA) is 84.5 Å². The average molecular weight is 328 g/mol. The third kappa shape index (κ3) is 5.31. The fourth-order valence-corrected chi connectivity index (χ4v) is 2.83. The van der Waals surface area contributed by atoms with Gasteiger partial charge < -0.3 is 10.1 Å². The molecule has 0 aromatic heterocycles. The van der Waals surface area contributed by atoms with Crippen molar-refractivity contribution in [2.45, 2.75) is 38.5 Å². The summed E-state index contributed by atoms with van der Waals surface area (Å²) < 4.78 is 32.2. The number of carbonyl (C=O) groups excluding carboxylic acids is 1. The molecule has 2 N–H and O–H groups in total. The van der Waals surface area contributed by atoms with Crippen molar-refractivity contribution in [2.75, 3.05) is 19.0 Å². The van der Waals surface area contributed by atoms with Gasteiger partial charge in [-0.15, -0.1) is 0 Å². The molecule has 0 aliphatic carbocycles. The Kier molecular flexibility index (Phi) is 6.83. The van der Waals surface area contributed by atoms with Crippen LogP contribution in [0.4, 0.5) is 5.69 Å². The van der Waals surface area contributed by atoms with Crippen LogP contribution in [0.5, 0.6) is 5.75 Å². The van der Waals surface area contributed by atoms with Gasteiger partial charge in [0.1, 0.15) is 5.75 Å². The highest BCUT2D eigenvalue weighted by molar-refractivity contribution is 7.89. The van der Waals surface area contributed by atoms with Gasteiger partial charge in [0, 0.05) is 13.0 Å². The molecule has 0 bridgehead atoms. The molecule has 0 aliphatic heterocycles. The lowest BCUT2D eigenvalue weighted by Gasteiger charge is -2.13. The van der Waals surface area contributed by atoms with Gasteiger partial charge in [0.25, 0.3) is 0 Å². The summed E-state index contributed by atoms with van der Waals surface area (Å²) in [6.45, 7) is 6.15. The second kappa shape index (κ2) is 8.14. The van der Waals surface area contributed by atoms with Crippen molar-refractivity contribution in [1.82, 2.24) is 4.72 Å². The molecule has 7 heteroatoms. The van der Waals surface area contributed by atoms with Crippen molar-refractivity contribution in [3.63, 3.8) is 0 Å². The quantitative estimate of drug-likeness (QED) is 0.767. The molecule has 1 aromatic carbocycles. The minimum atomic E-state index is -3.60. The first-order valence-corrected chi connectivity index (χ1v) is 8.76. The number of sulfonamides is 1. The molecule has 0 saturated carbocycles. The van der Waals surface area contributed by atoms with Gasteiger partial charge in [0.05, 0.1) is 17.7 Å². The van der Waals surface area contributed by atoms with Gasteiger partial charge in [0.2, 0.25) is 15.9 Å². The second-order valence-electron chi connectivity index (χ2n) is 5.34. The molecule has 6 nitrogen and oxygen atoms in total. The van der Waals surface area contributed by atoms with Crippen molar-refractivity contribution < 1.29 is 17.9 Å². The maximum absolute atomic E-state index is 12.3. The van der Waals surface area contributed by atoms with Gasteiger partial charge in [-0.3, -0.25) is 4.79 Å². The van der Waals surface area contributed by atoms with E-state index >= 15 is 0 Å². The fraction of sp³-hybridized carbons (Fsp3) is 0.533. The monoisotopic (exact) mass is 328 g/mol. The predicted molar refractivity (Wildman–Crippen MR) is 86.6 cm³/mol. The molecule has 0 unspecified atom stereocenters. The van der Waals surface area contributed by atoms with E-state index in [9.17, 15) is 13.2 Å². The number of hydrogen-bond acceptors (Lipinski definition) is 4. The van der Waals surface area contributed by atoms with Gasteiger partial charge in [-0.05, 0) is 30.5 Å². The van der Waals surface area contributed by atoms with E-state index in [2.05, 4.69) is 10.0 Å². The SMILES string of the molecule is CCC(=O)Nc1cc(S(=O)(=O)NCCC(C)C)ccc1OC. The normalized spacial score (nSPS) is 11.5. The zero-order valence-corrected chi connectivity index (χ0v) is 14.3. The Labute approximate surface area is 132 Å². The van der Waals surface area contributed by atoms with Gasteiger partial charge >= 0.3 is 0 Å². The van der Waals surface area contributed by atoms with E-state index in [0.717, 1.165) is 6.42 Å². The zero-order valence-electron chi connectivity index (χ0n) is 13.5. The number of amides is 1. The van der Waals surface area contributed by atoms with E-state index in [-0.39, 0.29) is 10.8 Å². The van der Waals surface area contributed by atoms with Crippen molar-refractivity contribution >= 4 is 21.6 Å². The lowest BCUT2D eigenvalue weighted by molar-refractivity contribution is -0.115. The van der Waals surface area contributed by atoms with Gasteiger partial charge in [-0.2, -0.15) is 0 Å². The van der Waals surface area contributed by atoms with Gasteiger partial charge in [-0.25, -0.2) is 13.1 Å². The third-order valence-electron chi connectivity index (χ3n) is 3.09. The Morgan fingerprint density at radius 1 is 1.32 bits per heavy atom. The summed E-state index contributed by atoms with van der Waals surface area (Å²) in [4.78, 5) is 11.6. The predicted octanol–water partition coefficient (Wildman–Crippen LogP) is 2.37. The maximum Gasteiger partial charge on any atom is 0.240 e. The number of nitrogens with one attached hydrogen (secondary N) is 2. The van der Waals surface area contributed by atoms with Crippen LogP contribution in [-0.2, 0) is 14.8 Å². The Morgan fingerprint density at radius 2 is 2.00 bits per heavy atom. The van der Waals surface area contributed by atoms with Crippen LogP contribution in [0.25, 0.3) is 0 Å². The van der Waals surface area contributed by atoms with E-state index in [4.69, 9.17) is 4.74 Å². The molecule has 22 heavy (non-hydrogen) atoms. The second-order valence-corrected chi connectivity index (χ2v) is 7.11. The summed E-state index contributed by atoms with van der Waals surface area (Å²) in [6, 6.07) is 4.39. The zero-order chi connectivity index (χ0) is 16.8. The Morgan fingerprint density at radius 3 is 2.55 bits per heavy atom. The molecule has 0 radical (unpaired) electrons. The van der Waals surface area contributed by atoms with Crippen LogP contribution < -0.4 is 14.8 Å². The third-order valence-corrected chi connectivity index (χ3v) is 4.55. The molecule has 1 amide bonds. The summed E-state index contributed by atoms with van der Waals surface area (Å²) in [5.74, 6) is 0.626. The van der Waals surface area contributed by atoms with Crippen LogP contribution in [0.3, 0.4) is 0 Å². The molecule has 124 valence electrons. The number of carbonyl (C=O) groups is 1. The molecule has 1 aromatic rings. The highest BCUT2D eigenvalue weighted by Crippen LogP contribution is 2.27. The van der Waals surface area contributed by atoms with E-state index in [1.54, 1.807) is 6.92 Å². The molecule has 0 saturated heterocycles. The molecule has 0 atom stereocenters. The van der Waals surface area contributed by atoms with Crippen molar-refractivity contribution in [3.8, 4) is 5.75 Å². The number of ether oxygens (including phenoxy) is 1. The lowest BCUT2D eigenvalue weighted by Crippen LogP contribution is -2.25. The molecule has 0 heterocycles. The van der Waals surface area contributed by atoms with Crippen LogP contribution in [-0.4, -0.2) is 28.0 Å². The van der Waals surface area contributed by atoms with Crippen LogP contribution in [0.15, 0.2) is 23.1 Å². The Balaban J connectivity index is 2.99. The summed E-state index contributed by atoms with van der Waals surface area (Å²) in [5, 5.41) is 2.64. The first-order chi connectivity index (χ1) is 10.3. The number of rotatable bonds is 8. The van der Waals surface area contributed by atoms with E-state index in [0.29, 0.717) is 30.3 Å². The van der Waals surface area contributed by atoms with Crippen molar-refractivity contribution in [3.05, 3.63) is 18.2 Å². The minimum absolute atomic E-state index is 0.100. The molecular weight excluding hydrogens is 304 g/mol. The number of hydrogen-bond donors (Lipinski definition) is 2. The van der Waals surface area contributed by atoms with E-state index < -0.39 is 10.0 Å². The molecule has 0 fully saturated rings. The van der Waals surface area contributed by atoms with E-state index in [1.807, 2.05) is 13.8 Å². The van der Waals surface area contributed by atoms with Crippen LogP contribution in [0.2, 0.25) is 0 Å². The smallest absolute Gasteiger partial charge is 0.240 e. The van der Waals surface area contributed by atoms with E-state index in [1.165, 1.54) is 25.3 Å². The number of anilines is 1. The fourth-order valence-electron chi connectivity index (χ4n) is 1.76. The molecule has 0 spiro atoms. The Bertz CT molecular complexity index is 612. The minimum Gasteiger partial charge on any atom is -0.495 e. The van der Waals surface area contributed by atoms with Gasteiger partial charge in [-0.1, -0.05) is 20.8 Å². The Hall–Kier alpha value is -1.60. The largest absolute Gasteiger partial charge is 0.495 e. The van der Waals surface area contributed by atoms with Crippen LogP contribution in [0, 0.1) is 5.92 Å². The highest BCUT2D eigenvalue weighted by Gasteiger charge is 2.17. The molecular formula is C15H24N2O4S. The number of methoxy groups -OCH3 is 1. The first-order valence-electron chi connectivity index (χ1n) is 7.27.